The van der Waals surface area contributed by atoms with E-state index >= 15 is 0 Å². The normalized spacial score (nSPS) is 11.8. The van der Waals surface area contributed by atoms with E-state index in [2.05, 4.69) is 31.4 Å². The van der Waals surface area contributed by atoms with Crippen LogP contribution in [0, 0.1) is 0 Å². The first-order valence-corrected chi connectivity index (χ1v) is 8.01. The van der Waals surface area contributed by atoms with E-state index in [0.29, 0.717) is 17.3 Å². The molecule has 1 atom stereocenters. The molecule has 1 N–H and O–H groups in total. The van der Waals surface area contributed by atoms with E-state index in [1.807, 2.05) is 24.3 Å². The fourth-order valence-corrected chi connectivity index (χ4v) is 2.27. The van der Waals surface area contributed by atoms with E-state index in [0.717, 1.165) is 10.0 Å². The minimum absolute atomic E-state index is 0.224. The molecule has 3 rings (SSSR count). The monoisotopic (exact) mass is 387 g/mol. The SMILES string of the molecule is CC(Oc1ccc(-c2nnco2)cc1)C(=O)Nc1ccc(Br)cc1. The van der Waals surface area contributed by atoms with Crippen molar-refractivity contribution >= 4 is 27.5 Å². The van der Waals surface area contributed by atoms with Gasteiger partial charge in [-0.25, -0.2) is 0 Å². The number of aromatic nitrogens is 2. The van der Waals surface area contributed by atoms with Gasteiger partial charge in [0, 0.05) is 15.7 Å². The minimum atomic E-state index is -0.636. The third-order valence-electron chi connectivity index (χ3n) is 3.26. The molecule has 1 heterocycles. The number of anilines is 1. The molecule has 24 heavy (non-hydrogen) atoms. The number of ether oxygens (including phenoxy) is 1. The molecule has 0 radical (unpaired) electrons. The van der Waals surface area contributed by atoms with Crippen LogP contribution in [0.1, 0.15) is 6.92 Å². The second-order valence-electron chi connectivity index (χ2n) is 5.02. The largest absolute Gasteiger partial charge is 0.481 e. The quantitative estimate of drug-likeness (QED) is 0.717. The van der Waals surface area contributed by atoms with Crippen LogP contribution >= 0.6 is 15.9 Å². The van der Waals surface area contributed by atoms with Crippen molar-refractivity contribution in [3.63, 3.8) is 0 Å². The Morgan fingerprint density at radius 3 is 2.50 bits per heavy atom. The summed E-state index contributed by atoms with van der Waals surface area (Å²) in [6.07, 6.45) is 0.636. The van der Waals surface area contributed by atoms with Crippen LogP contribution < -0.4 is 10.1 Å². The Hall–Kier alpha value is -2.67. The molecule has 6 nitrogen and oxygen atoms in total. The van der Waals surface area contributed by atoms with Crippen LogP contribution in [0.15, 0.2) is 63.8 Å². The Morgan fingerprint density at radius 1 is 1.17 bits per heavy atom. The maximum atomic E-state index is 12.2. The lowest BCUT2D eigenvalue weighted by atomic mass is 10.2. The Morgan fingerprint density at radius 2 is 1.88 bits per heavy atom. The number of carbonyl (C=O) groups is 1. The van der Waals surface area contributed by atoms with Crippen LogP contribution in [0.3, 0.4) is 0 Å². The smallest absolute Gasteiger partial charge is 0.265 e. The molecular formula is C17H14BrN3O3. The predicted octanol–water partition coefficient (Wildman–Crippen LogP) is 3.91. The minimum Gasteiger partial charge on any atom is -0.481 e. The van der Waals surface area contributed by atoms with Crippen LogP contribution in [0.25, 0.3) is 11.5 Å². The standard InChI is InChI=1S/C17H14BrN3O3/c1-11(16(22)20-14-6-4-13(18)5-7-14)24-15-8-2-12(3-9-15)17-21-19-10-23-17/h2-11H,1H3,(H,20,22). The van der Waals surface area contributed by atoms with Gasteiger partial charge in [0.1, 0.15) is 5.75 Å². The van der Waals surface area contributed by atoms with Crippen molar-refractivity contribution in [1.82, 2.24) is 10.2 Å². The maximum Gasteiger partial charge on any atom is 0.265 e. The third-order valence-corrected chi connectivity index (χ3v) is 3.78. The molecule has 0 saturated carbocycles. The van der Waals surface area contributed by atoms with Crippen molar-refractivity contribution in [3.05, 3.63) is 59.4 Å². The van der Waals surface area contributed by atoms with Crippen molar-refractivity contribution in [3.8, 4) is 17.2 Å². The molecule has 1 unspecified atom stereocenters. The summed E-state index contributed by atoms with van der Waals surface area (Å²) in [6, 6.07) is 14.4. The predicted molar refractivity (Wildman–Crippen MR) is 92.6 cm³/mol. The van der Waals surface area contributed by atoms with Crippen molar-refractivity contribution in [2.75, 3.05) is 5.32 Å². The summed E-state index contributed by atoms with van der Waals surface area (Å²) in [5.74, 6) is 0.789. The number of amides is 1. The molecule has 0 aliphatic heterocycles. The van der Waals surface area contributed by atoms with Gasteiger partial charge in [0.05, 0.1) is 0 Å². The number of hydrogen-bond acceptors (Lipinski definition) is 5. The molecule has 3 aromatic rings. The Kier molecular flexibility index (Phi) is 4.90. The van der Waals surface area contributed by atoms with E-state index in [9.17, 15) is 4.79 Å². The van der Waals surface area contributed by atoms with Gasteiger partial charge in [0.15, 0.2) is 6.10 Å². The second kappa shape index (κ2) is 7.27. The van der Waals surface area contributed by atoms with Crippen LogP contribution in [0.5, 0.6) is 5.75 Å². The van der Waals surface area contributed by atoms with Crippen molar-refractivity contribution < 1.29 is 13.9 Å². The lowest BCUT2D eigenvalue weighted by Crippen LogP contribution is -2.30. The first-order valence-electron chi connectivity index (χ1n) is 7.21. The number of nitrogens with zero attached hydrogens (tertiary/aromatic N) is 2. The first-order chi connectivity index (χ1) is 11.6. The van der Waals surface area contributed by atoms with Gasteiger partial charge in [0.2, 0.25) is 12.3 Å². The molecule has 7 heteroatoms. The van der Waals surface area contributed by atoms with Gasteiger partial charge in [-0.05, 0) is 55.5 Å². The summed E-state index contributed by atoms with van der Waals surface area (Å²) in [7, 11) is 0. The summed E-state index contributed by atoms with van der Waals surface area (Å²) in [4.78, 5) is 12.2. The van der Waals surface area contributed by atoms with Crippen molar-refractivity contribution in [1.29, 1.82) is 0 Å². The second-order valence-corrected chi connectivity index (χ2v) is 5.94. The van der Waals surface area contributed by atoms with Gasteiger partial charge in [-0.3, -0.25) is 4.79 Å². The van der Waals surface area contributed by atoms with Crippen LogP contribution in [0.4, 0.5) is 5.69 Å². The molecule has 0 spiro atoms. The number of halogens is 1. The molecular weight excluding hydrogens is 374 g/mol. The van der Waals surface area contributed by atoms with Crippen LogP contribution in [-0.4, -0.2) is 22.2 Å². The van der Waals surface area contributed by atoms with E-state index in [1.165, 1.54) is 6.39 Å². The average molecular weight is 388 g/mol. The molecule has 0 aliphatic rings. The maximum absolute atomic E-state index is 12.2. The summed E-state index contributed by atoms with van der Waals surface area (Å²) in [5.41, 5.74) is 1.50. The third kappa shape index (κ3) is 3.99. The molecule has 2 aromatic carbocycles. The molecule has 1 amide bonds. The molecule has 0 fully saturated rings. The van der Waals surface area contributed by atoms with Gasteiger partial charge < -0.3 is 14.5 Å². The zero-order valence-electron chi connectivity index (χ0n) is 12.8. The van der Waals surface area contributed by atoms with E-state index in [4.69, 9.17) is 9.15 Å². The van der Waals surface area contributed by atoms with Gasteiger partial charge in [-0.1, -0.05) is 15.9 Å². The number of benzene rings is 2. The number of carbonyl (C=O) groups excluding carboxylic acids is 1. The van der Waals surface area contributed by atoms with E-state index in [-0.39, 0.29) is 5.91 Å². The number of nitrogens with one attached hydrogen (secondary N) is 1. The molecule has 0 aliphatic carbocycles. The highest BCUT2D eigenvalue weighted by Crippen LogP contribution is 2.21. The van der Waals surface area contributed by atoms with Gasteiger partial charge >= 0.3 is 0 Å². The Labute approximate surface area is 147 Å². The number of rotatable bonds is 5. The van der Waals surface area contributed by atoms with Crippen molar-refractivity contribution in [2.45, 2.75) is 13.0 Å². The van der Waals surface area contributed by atoms with E-state index in [1.54, 1.807) is 31.2 Å². The van der Waals surface area contributed by atoms with Gasteiger partial charge in [-0.15, -0.1) is 10.2 Å². The summed E-state index contributed by atoms with van der Waals surface area (Å²) >= 11 is 3.35. The average Bonchev–Trinajstić information content (AvgIpc) is 3.12. The fraction of sp³-hybridized carbons (Fsp3) is 0.118. The zero-order chi connectivity index (χ0) is 16.9. The zero-order valence-corrected chi connectivity index (χ0v) is 14.4. The topological polar surface area (TPSA) is 77.2 Å². The Bertz CT molecular complexity index is 802. The lowest BCUT2D eigenvalue weighted by Gasteiger charge is -2.15. The summed E-state index contributed by atoms with van der Waals surface area (Å²) < 4.78 is 11.7. The van der Waals surface area contributed by atoms with Gasteiger partial charge in [0.25, 0.3) is 5.91 Å². The molecule has 0 saturated heterocycles. The molecule has 122 valence electrons. The fourth-order valence-electron chi connectivity index (χ4n) is 2.01. The molecule has 0 bridgehead atoms. The summed E-state index contributed by atoms with van der Waals surface area (Å²) in [5, 5.41) is 10.3. The van der Waals surface area contributed by atoms with Crippen molar-refractivity contribution in [2.24, 2.45) is 0 Å². The van der Waals surface area contributed by atoms with E-state index < -0.39 is 6.10 Å². The van der Waals surface area contributed by atoms with Crippen LogP contribution in [-0.2, 0) is 4.79 Å². The first kappa shape index (κ1) is 16.2. The molecule has 1 aromatic heterocycles. The Balaban J connectivity index is 1.60. The lowest BCUT2D eigenvalue weighted by molar-refractivity contribution is -0.122. The van der Waals surface area contributed by atoms with Gasteiger partial charge in [-0.2, -0.15) is 0 Å². The summed E-state index contributed by atoms with van der Waals surface area (Å²) in [6.45, 7) is 1.69. The highest BCUT2D eigenvalue weighted by atomic mass is 79.9. The highest BCUT2D eigenvalue weighted by Gasteiger charge is 2.15. The highest BCUT2D eigenvalue weighted by molar-refractivity contribution is 9.10. The number of hydrogen-bond donors (Lipinski definition) is 1. The van der Waals surface area contributed by atoms with Crippen LogP contribution in [0.2, 0.25) is 0 Å².